The Balaban J connectivity index is 1.78. The van der Waals surface area contributed by atoms with E-state index < -0.39 is 5.97 Å². The number of hydrogen-bond acceptors (Lipinski definition) is 5. The molecule has 2 aromatic rings. The number of thioether (sulfide) groups is 1. The molecule has 2 heterocycles. The maximum absolute atomic E-state index is 13.2. The van der Waals surface area contributed by atoms with E-state index in [1.54, 1.807) is 16.8 Å². The number of carboxylic acids is 1. The summed E-state index contributed by atoms with van der Waals surface area (Å²) in [6.45, 7) is 0. The van der Waals surface area contributed by atoms with Gasteiger partial charge in [-0.25, -0.2) is 4.39 Å². The number of hydrogen-bond donors (Lipinski definition) is 1. The molecule has 4 rings (SSSR count). The summed E-state index contributed by atoms with van der Waals surface area (Å²) in [6.07, 6.45) is 2.07. The number of nitrogens with zero attached hydrogens (tertiary/aromatic N) is 4. The lowest BCUT2D eigenvalue weighted by Crippen LogP contribution is -2.27. The lowest BCUT2D eigenvalue weighted by Gasteiger charge is -2.22. The third-order valence-electron chi connectivity index (χ3n) is 3.84. The van der Waals surface area contributed by atoms with Crippen LogP contribution in [0.3, 0.4) is 0 Å². The van der Waals surface area contributed by atoms with Crippen LogP contribution < -0.4 is 0 Å². The van der Waals surface area contributed by atoms with Crippen molar-refractivity contribution in [3.63, 3.8) is 0 Å². The van der Waals surface area contributed by atoms with Gasteiger partial charge in [-0.05, 0) is 30.5 Å². The monoisotopic (exact) mass is 332 g/mol. The van der Waals surface area contributed by atoms with E-state index in [9.17, 15) is 9.18 Å². The summed E-state index contributed by atoms with van der Waals surface area (Å²) in [7, 11) is 0. The third kappa shape index (κ3) is 2.74. The molecule has 0 radical (unpaired) electrons. The molecule has 23 heavy (non-hydrogen) atoms. The molecule has 8 heteroatoms. The standard InChI is InChI=1S/C15H13FN4O2S/c16-10-5-3-8(4-6-10)13-11(7-12(21)22)23-15-18-17-14(9-1-2-9)20(15)19-13/h3-6,9,11H,1-2,7H2,(H,21,22)/t11-/m1/s1. The molecule has 118 valence electrons. The molecule has 1 N–H and O–H groups in total. The molecule has 1 saturated carbocycles. The van der Waals surface area contributed by atoms with Crippen molar-refractivity contribution in [3.8, 4) is 0 Å². The van der Waals surface area contributed by atoms with Gasteiger partial charge in [0.1, 0.15) is 5.82 Å². The van der Waals surface area contributed by atoms with Crippen LogP contribution in [0.2, 0.25) is 0 Å². The summed E-state index contributed by atoms with van der Waals surface area (Å²) < 4.78 is 14.9. The Morgan fingerprint density at radius 1 is 1.30 bits per heavy atom. The van der Waals surface area contributed by atoms with E-state index in [1.165, 1.54) is 23.9 Å². The Morgan fingerprint density at radius 3 is 2.70 bits per heavy atom. The van der Waals surface area contributed by atoms with Gasteiger partial charge in [-0.3, -0.25) is 4.79 Å². The maximum atomic E-state index is 13.2. The lowest BCUT2D eigenvalue weighted by molar-refractivity contribution is -0.136. The van der Waals surface area contributed by atoms with E-state index >= 15 is 0 Å². The van der Waals surface area contributed by atoms with Gasteiger partial charge < -0.3 is 5.11 Å². The van der Waals surface area contributed by atoms with Crippen LogP contribution >= 0.6 is 11.8 Å². The second-order valence-electron chi connectivity index (χ2n) is 5.62. The van der Waals surface area contributed by atoms with Gasteiger partial charge in [0.05, 0.1) is 17.4 Å². The van der Waals surface area contributed by atoms with Crippen LogP contribution in [-0.4, -0.2) is 36.9 Å². The predicted octanol–water partition coefficient (Wildman–Crippen LogP) is 2.50. The summed E-state index contributed by atoms with van der Waals surface area (Å²) in [5.74, 6) is -0.0454. The average Bonchev–Trinajstić information content (AvgIpc) is 3.28. The van der Waals surface area contributed by atoms with Crippen molar-refractivity contribution in [3.05, 3.63) is 41.5 Å². The topological polar surface area (TPSA) is 80.4 Å². The molecule has 6 nitrogen and oxygen atoms in total. The molecule has 1 aliphatic carbocycles. The van der Waals surface area contributed by atoms with Gasteiger partial charge in [-0.2, -0.15) is 9.78 Å². The zero-order valence-electron chi connectivity index (χ0n) is 12.0. The Morgan fingerprint density at radius 2 is 2.04 bits per heavy atom. The van der Waals surface area contributed by atoms with E-state index in [0.29, 0.717) is 22.3 Å². The normalized spacial score (nSPS) is 20.0. The smallest absolute Gasteiger partial charge is 0.304 e. The van der Waals surface area contributed by atoms with Gasteiger partial charge >= 0.3 is 5.97 Å². The zero-order valence-corrected chi connectivity index (χ0v) is 12.8. The first kappa shape index (κ1) is 14.4. The van der Waals surface area contributed by atoms with Gasteiger partial charge in [0.25, 0.3) is 0 Å². The van der Waals surface area contributed by atoms with Crippen LogP contribution in [0.1, 0.15) is 36.6 Å². The number of fused-ring (bicyclic) bond motifs is 1. The van der Waals surface area contributed by atoms with E-state index in [4.69, 9.17) is 5.11 Å². The molecular weight excluding hydrogens is 319 g/mol. The summed E-state index contributed by atoms with van der Waals surface area (Å²) >= 11 is 1.34. The molecule has 0 spiro atoms. The number of aromatic nitrogens is 3. The Kier molecular flexibility index (Phi) is 3.41. The molecular formula is C15H13FN4O2S. The highest BCUT2D eigenvalue weighted by molar-refractivity contribution is 8.00. The molecule has 1 aliphatic heterocycles. The van der Waals surface area contributed by atoms with Crippen molar-refractivity contribution < 1.29 is 14.3 Å². The summed E-state index contributed by atoms with van der Waals surface area (Å²) in [5, 5.41) is 22.3. The van der Waals surface area contributed by atoms with E-state index in [0.717, 1.165) is 18.7 Å². The number of aliphatic carboxylic acids is 1. The fourth-order valence-corrected chi connectivity index (χ4v) is 3.65. The first-order valence-electron chi connectivity index (χ1n) is 7.30. The molecule has 0 bridgehead atoms. The zero-order chi connectivity index (χ0) is 16.0. The van der Waals surface area contributed by atoms with Crippen molar-refractivity contribution in [2.24, 2.45) is 5.10 Å². The Labute approximate surface area is 135 Å². The van der Waals surface area contributed by atoms with Crippen molar-refractivity contribution in [2.75, 3.05) is 0 Å². The number of carbonyl (C=O) groups is 1. The minimum absolute atomic E-state index is 0.0769. The summed E-state index contributed by atoms with van der Waals surface area (Å²) in [4.78, 5) is 11.2. The van der Waals surface area contributed by atoms with Crippen LogP contribution in [0.15, 0.2) is 34.5 Å². The second kappa shape index (κ2) is 5.45. The van der Waals surface area contributed by atoms with Gasteiger partial charge in [0.2, 0.25) is 5.16 Å². The fourth-order valence-electron chi connectivity index (χ4n) is 2.56. The minimum atomic E-state index is -0.910. The highest BCUT2D eigenvalue weighted by atomic mass is 32.2. The first-order chi connectivity index (χ1) is 11.1. The molecule has 2 aliphatic rings. The number of carboxylic acid groups (broad SMARTS) is 1. The summed E-state index contributed by atoms with van der Waals surface area (Å²) in [6, 6.07) is 5.94. The highest BCUT2D eigenvalue weighted by Gasteiger charge is 2.35. The van der Waals surface area contributed by atoms with Crippen LogP contribution in [-0.2, 0) is 4.79 Å². The van der Waals surface area contributed by atoms with Crippen LogP contribution in [0.5, 0.6) is 0 Å². The number of halogens is 1. The van der Waals surface area contributed by atoms with Gasteiger partial charge in [0.15, 0.2) is 5.82 Å². The molecule has 1 aromatic carbocycles. The largest absolute Gasteiger partial charge is 0.481 e. The maximum Gasteiger partial charge on any atom is 0.304 e. The number of rotatable bonds is 4. The third-order valence-corrected chi connectivity index (χ3v) is 4.98. The van der Waals surface area contributed by atoms with Gasteiger partial charge in [-0.1, -0.05) is 23.9 Å². The lowest BCUT2D eigenvalue weighted by atomic mass is 10.1. The van der Waals surface area contributed by atoms with Crippen molar-refractivity contribution >= 4 is 23.4 Å². The SMILES string of the molecule is O=C(O)C[C@H]1Sc2nnc(C3CC3)n2N=C1c1ccc(F)cc1. The van der Waals surface area contributed by atoms with Crippen LogP contribution in [0.25, 0.3) is 0 Å². The van der Waals surface area contributed by atoms with E-state index in [2.05, 4.69) is 15.3 Å². The quantitative estimate of drug-likeness (QED) is 0.930. The minimum Gasteiger partial charge on any atom is -0.481 e. The van der Waals surface area contributed by atoms with Gasteiger partial charge in [-0.15, -0.1) is 10.2 Å². The molecule has 1 atom stereocenters. The van der Waals surface area contributed by atoms with E-state index in [1.807, 2.05) is 0 Å². The van der Waals surface area contributed by atoms with Crippen molar-refractivity contribution in [2.45, 2.75) is 35.6 Å². The predicted molar refractivity (Wildman–Crippen MR) is 82.2 cm³/mol. The molecule has 1 fully saturated rings. The Bertz CT molecular complexity index is 798. The Hall–Kier alpha value is -2.22. The van der Waals surface area contributed by atoms with Crippen LogP contribution in [0.4, 0.5) is 4.39 Å². The molecule has 0 unspecified atom stereocenters. The van der Waals surface area contributed by atoms with Gasteiger partial charge in [0, 0.05) is 5.92 Å². The van der Waals surface area contributed by atoms with E-state index in [-0.39, 0.29) is 17.5 Å². The molecule has 0 saturated heterocycles. The average molecular weight is 332 g/mol. The molecule has 0 amide bonds. The first-order valence-corrected chi connectivity index (χ1v) is 8.18. The van der Waals surface area contributed by atoms with Crippen molar-refractivity contribution in [1.29, 1.82) is 0 Å². The molecule has 1 aromatic heterocycles. The number of benzene rings is 1. The summed E-state index contributed by atoms with van der Waals surface area (Å²) in [5.41, 5.74) is 1.33. The van der Waals surface area contributed by atoms with Crippen LogP contribution in [0, 0.1) is 5.82 Å². The highest BCUT2D eigenvalue weighted by Crippen LogP contribution is 2.42. The van der Waals surface area contributed by atoms with Crippen molar-refractivity contribution in [1.82, 2.24) is 14.9 Å². The second-order valence-corrected chi connectivity index (χ2v) is 6.79. The fraction of sp³-hybridized carbons (Fsp3) is 0.333.